The highest BCUT2D eigenvalue weighted by Gasteiger charge is 2.10. The first-order chi connectivity index (χ1) is 15.1. The third kappa shape index (κ3) is 4.50. The summed E-state index contributed by atoms with van der Waals surface area (Å²) >= 11 is 1.34. The number of benzene rings is 2. The molecule has 4 rings (SSSR count). The van der Waals surface area contributed by atoms with Crippen molar-refractivity contribution in [3.63, 3.8) is 0 Å². The van der Waals surface area contributed by atoms with Crippen LogP contribution in [0.3, 0.4) is 0 Å². The van der Waals surface area contributed by atoms with E-state index in [-0.39, 0.29) is 0 Å². The first-order valence-corrected chi connectivity index (χ1v) is 10.1. The molecular weight excluding hydrogens is 408 g/mol. The minimum Gasteiger partial charge on any atom is -0.438 e. The molecule has 0 bridgehead atoms. The van der Waals surface area contributed by atoms with Crippen LogP contribution >= 0.6 is 11.3 Å². The third-order valence-corrected chi connectivity index (χ3v) is 5.33. The van der Waals surface area contributed by atoms with E-state index in [1.165, 1.54) is 17.4 Å². The Labute approximate surface area is 182 Å². The van der Waals surface area contributed by atoms with Gasteiger partial charge in [0, 0.05) is 24.0 Å². The number of aromatic nitrogens is 3. The Bertz CT molecular complexity index is 1370. The highest BCUT2D eigenvalue weighted by molar-refractivity contribution is 7.19. The fourth-order valence-corrected chi connectivity index (χ4v) is 3.92. The van der Waals surface area contributed by atoms with Crippen LogP contribution in [0, 0.1) is 36.5 Å². The number of nitrogens with zero attached hydrogens (tertiary/aromatic N) is 5. The highest BCUT2D eigenvalue weighted by atomic mass is 32.1. The summed E-state index contributed by atoms with van der Waals surface area (Å²) in [5.41, 5.74) is 4.39. The van der Waals surface area contributed by atoms with Crippen molar-refractivity contribution < 1.29 is 4.74 Å². The molecule has 0 aliphatic carbocycles. The van der Waals surface area contributed by atoms with E-state index in [0.29, 0.717) is 22.6 Å². The normalized spacial score (nSPS) is 10.7. The van der Waals surface area contributed by atoms with E-state index in [1.54, 1.807) is 18.3 Å². The maximum Gasteiger partial charge on any atom is 0.230 e. The van der Waals surface area contributed by atoms with Crippen LogP contribution < -0.4 is 10.1 Å². The Hall–Kier alpha value is -4.27. The van der Waals surface area contributed by atoms with Crippen LogP contribution in [0.15, 0.2) is 48.7 Å². The first-order valence-electron chi connectivity index (χ1n) is 9.32. The zero-order chi connectivity index (χ0) is 21.8. The quantitative estimate of drug-likeness (QED) is 0.413. The van der Waals surface area contributed by atoms with E-state index < -0.39 is 0 Å². The van der Waals surface area contributed by atoms with Crippen LogP contribution in [0.2, 0.25) is 0 Å². The number of nitrogens with one attached hydrogen (secondary N) is 1. The zero-order valence-electron chi connectivity index (χ0n) is 16.7. The molecule has 0 unspecified atom stereocenters. The van der Waals surface area contributed by atoms with Crippen molar-refractivity contribution in [3.05, 3.63) is 70.4 Å². The second kappa shape index (κ2) is 8.62. The maximum absolute atomic E-state index is 9.02. The van der Waals surface area contributed by atoms with E-state index in [9.17, 15) is 0 Å². The van der Waals surface area contributed by atoms with Gasteiger partial charge in [0.2, 0.25) is 11.8 Å². The summed E-state index contributed by atoms with van der Waals surface area (Å²) in [6, 6.07) is 15.3. The molecule has 0 atom stereocenters. The van der Waals surface area contributed by atoms with E-state index >= 15 is 0 Å². The van der Waals surface area contributed by atoms with Crippen molar-refractivity contribution in [3.8, 4) is 23.8 Å². The number of nitriles is 2. The number of hydrogen-bond donors (Lipinski definition) is 1. The molecule has 2 heterocycles. The second-order valence-electron chi connectivity index (χ2n) is 6.71. The summed E-state index contributed by atoms with van der Waals surface area (Å²) < 4.78 is 6.95. The first kappa shape index (κ1) is 20.0. The standard InChI is InChI=1S/C23H16N6OS/c1-14-10-16(4-3-8-24)11-15(2)22(14)30-20-7-9-26-23(29-20)27-17-5-6-18-19(12-17)31-21(13-25)28-18/h3-7,9-12H,1-2H3,(H,26,27,29)/b4-3+. The molecule has 0 fully saturated rings. The van der Waals surface area contributed by atoms with Crippen molar-refractivity contribution in [2.24, 2.45) is 0 Å². The lowest BCUT2D eigenvalue weighted by molar-refractivity contribution is 0.455. The van der Waals surface area contributed by atoms with Gasteiger partial charge in [-0.1, -0.05) is 0 Å². The largest absolute Gasteiger partial charge is 0.438 e. The monoisotopic (exact) mass is 424 g/mol. The summed E-state index contributed by atoms with van der Waals surface area (Å²) in [5.74, 6) is 1.52. The average molecular weight is 424 g/mol. The van der Waals surface area contributed by atoms with Crippen LogP contribution in [-0.2, 0) is 0 Å². The molecule has 0 saturated heterocycles. The summed E-state index contributed by atoms with van der Waals surface area (Å²) in [6.07, 6.45) is 4.83. The van der Waals surface area contributed by atoms with E-state index in [2.05, 4.69) is 26.3 Å². The molecule has 0 aliphatic heterocycles. The molecule has 31 heavy (non-hydrogen) atoms. The van der Waals surface area contributed by atoms with Gasteiger partial charge in [0.1, 0.15) is 11.8 Å². The number of ether oxygens (including phenoxy) is 1. The van der Waals surface area contributed by atoms with Crippen molar-refractivity contribution in [2.45, 2.75) is 13.8 Å². The predicted octanol–water partition coefficient (Wildman–Crippen LogP) is 5.65. The number of anilines is 2. The summed E-state index contributed by atoms with van der Waals surface area (Å²) in [7, 11) is 0. The van der Waals surface area contributed by atoms with Crippen LogP contribution in [0.1, 0.15) is 21.7 Å². The fourth-order valence-electron chi connectivity index (χ4n) is 3.12. The van der Waals surface area contributed by atoms with Gasteiger partial charge in [-0.25, -0.2) is 9.97 Å². The van der Waals surface area contributed by atoms with Gasteiger partial charge >= 0.3 is 0 Å². The van der Waals surface area contributed by atoms with E-state index in [0.717, 1.165) is 32.6 Å². The van der Waals surface area contributed by atoms with Crippen LogP contribution in [0.25, 0.3) is 16.3 Å². The van der Waals surface area contributed by atoms with Crippen molar-refractivity contribution in [2.75, 3.05) is 5.32 Å². The Morgan fingerprint density at radius 1 is 1.06 bits per heavy atom. The van der Waals surface area contributed by atoms with Crippen molar-refractivity contribution >= 4 is 39.3 Å². The molecule has 2 aromatic heterocycles. The van der Waals surface area contributed by atoms with Gasteiger partial charge in [-0.15, -0.1) is 11.3 Å². The molecule has 150 valence electrons. The van der Waals surface area contributed by atoms with E-state index in [4.69, 9.17) is 15.3 Å². The smallest absolute Gasteiger partial charge is 0.230 e. The number of allylic oxidation sites excluding steroid dienone is 1. The van der Waals surface area contributed by atoms with Gasteiger partial charge in [-0.3, -0.25) is 0 Å². The van der Waals surface area contributed by atoms with Crippen LogP contribution in [-0.4, -0.2) is 15.0 Å². The van der Waals surface area contributed by atoms with Crippen LogP contribution in [0.4, 0.5) is 11.6 Å². The molecule has 8 heteroatoms. The molecule has 0 saturated carbocycles. The molecule has 0 aliphatic rings. The summed E-state index contributed by atoms with van der Waals surface area (Å²) in [4.78, 5) is 13.0. The predicted molar refractivity (Wildman–Crippen MR) is 120 cm³/mol. The minimum atomic E-state index is 0.394. The molecule has 7 nitrogen and oxygen atoms in total. The Morgan fingerprint density at radius 2 is 1.87 bits per heavy atom. The lowest BCUT2D eigenvalue weighted by Crippen LogP contribution is -1.99. The number of aryl methyl sites for hydroxylation is 2. The summed E-state index contributed by atoms with van der Waals surface area (Å²) in [5, 5.41) is 21.3. The average Bonchev–Trinajstić information content (AvgIpc) is 3.18. The highest BCUT2D eigenvalue weighted by Crippen LogP contribution is 2.30. The van der Waals surface area contributed by atoms with Gasteiger partial charge in [0.05, 0.1) is 16.3 Å². The molecule has 1 N–H and O–H groups in total. The lowest BCUT2D eigenvalue weighted by Gasteiger charge is -2.13. The zero-order valence-corrected chi connectivity index (χ0v) is 17.6. The van der Waals surface area contributed by atoms with Crippen molar-refractivity contribution in [1.82, 2.24) is 15.0 Å². The lowest BCUT2D eigenvalue weighted by atomic mass is 10.1. The number of hydrogen-bond acceptors (Lipinski definition) is 8. The SMILES string of the molecule is Cc1cc(/C=C/C#N)cc(C)c1Oc1ccnc(Nc2ccc3nc(C#N)sc3c2)n1. The van der Waals surface area contributed by atoms with Crippen molar-refractivity contribution in [1.29, 1.82) is 10.5 Å². The second-order valence-corrected chi connectivity index (χ2v) is 7.74. The molecule has 0 spiro atoms. The minimum absolute atomic E-state index is 0.394. The van der Waals surface area contributed by atoms with Gasteiger partial charge in [0.25, 0.3) is 0 Å². The molecular formula is C23H16N6OS. The maximum atomic E-state index is 9.02. The van der Waals surface area contributed by atoms with Gasteiger partial charge in [-0.05, 0) is 66.9 Å². The molecule has 0 amide bonds. The topological polar surface area (TPSA) is 108 Å². The number of fused-ring (bicyclic) bond motifs is 1. The van der Waals surface area contributed by atoms with Gasteiger partial charge in [-0.2, -0.15) is 15.5 Å². The number of thiazole rings is 1. The number of rotatable bonds is 5. The fraction of sp³-hybridized carbons (Fsp3) is 0.0870. The van der Waals surface area contributed by atoms with Gasteiger partial charge in [0.15, 0.2) is 5.01 Å². The van der Waals surface area contributed by atoms with Crippen LogP contribution in [0.5, 0.6) is 11.6 Å². The Morgan fingerprint density at radius 3 is 2.61 bits per heavy atom. The molecule has 2 aromatic carbocycles. The summed E-state index contributed by atoms with van der Waals surface area (Å²) in [6.45, 7) is 3.90. The van der Waals surface area contributed by atoms with Gasteiger partial charge < -0.3 is 10.1 Å². The Kier molecular flexibility index (Phi) is 5.57. The molecule has 4 aromatic rings. The third-order valence-electron chi connectivity index (χ3n) is 4.41. The van der Waals surface area contributed by atoms with E-state index in [1.807, 2.05) is 50.2 Å². The molecule has 0 radical (unpaired) electrons. The Balaban J connectivity index is 1.56.